The monoisotopic (exact) mass is 331 g/mol. The van der Waals surface area contributed by atoms with Gasteiger partial charge in [-0.15, -0.1) is 0 Å². The normalized spacial score (nSPS) is 11.9. The number of hydrogen-bond acceptors (Lipinski definition) is 3. The Kier molecular flexibility index (Phi) is 7.55. The average Bonchev–Trinajstić information content (AvgIpc) is 2.99. The first-order valence-corrected chi connectivity index (χ1v) is 8.77. The molecule has 132 valence electrons. The molecule has 0 saturated heterocycles. The molecule has 2 aromatic rings. The van der Waals surface area contributed by atoms with Crippen molar-refractivity contribution in [2.45, 2.75) is 33.6 Å². The topological polar surface area (TPSA) is 63.0 Å². The largest absolute Gasteiger partial charge is 0.382 e. The van der Waals surface area contributed by atoms with Gasteiger partial charge in [0.2, 0.25) is 0 Å². The predicted molar refractivity (Wildman–Crippen MR) is 98.7 cm³/mol. The van der Waals surface area contributed by atoms with Crippen LogP contribution in [0.2, 0.25) is 0 Å². The third kappa shape index (κ3) is 5.53. The van der Waals surface area contributed by atoms with Crippen LogP contribution in [0.1, 0.15) is 31.5 Å². The number of ether oxygens (including phenoxy) is 1. The second-order valence-electron chi connectivity index (χ2n) is 5.64. The van der Waals surface area contributed by atoms with E-state index in [0.717, 1.165) is 63.0 Å². The summed E-state index contributed by atoms with van der Waals surface area (Å²) in [6, 6.07) is 4.13. The second kappa shape index (κ2) is 9.93. The van der Waals surface area contributed by atoms with Crippen molar-refractivity contribution >= 4 is 11.6 Å². The van der Waals surface area contributed by atoms with Crippen LogP contribution < -0.4 is 10.6 Å². The highest BCUT2D eigenvalue weighted by atomic mass is 16.5. The third-order valence-corrected chi connectivity index (χ3v) is 3.67. The summed E-state index contributed by atoms with van der Waals surface area (Å²) in [7, 11) is 0. The molecule has 0 aliphatic rings. The zero-order chi connectivity index (χ0) is 17.2. The molecule has 0 unspecified atom stereocenters. The summed E-state index contributed by atoms with van der Waals surface area (Å²) in [5.74, 6) is 0.856. The van der Waals surface area contributed by atoms with Crippen LogP contribution in [0.15, 0.2) is 29.5 Å². The van der Waals surface area contributed by atoms with Crippen LogP contribution in [0, 0.1) is 6.92 Å². The van der Waals surface area contributed by atoms with E-state index < -0.39 is 0 Å². The van der Waals surface area contributed by atoms with Crippen LogP contribution in [-0.2, 0) is 11.2 Å². The number of aryl methyl sites for hydroxylation is 1. The SMILES string of the molecule is CCNC(=NCCCOCC)NCCc1cn2cccc(C)c2n1. The van der Waals surface area contributed by atoms with E-state index in [1.54, 1.807) is 0 Å². The van der Waals surface area contributed by atoms with Crippen LogP contribution in [0.4, 0.5) is 0 Å². The Labute approximate surface area is 144 Å². The van der Waals surface area contributed by atoms with Crippen molar-refractivity contribution in [3.05, 3.63) is 35.8 Å². The number of aliphatic imine (C=N–C) groups is 1. The van der Waals surface area contributed by atoms with Gasteiger partial charge in [-0.3, -0.25) is 4.99 Å². The fraction of sp³-hybridized carbons (Fsp3) is 0.556. The van der Waals surface area contributed by atoms with E-state index in [0.29, 0.717) is 0 Å². The molecular weight excluding hydrogens is 302 g/mol. The Hall–Kier alpha value is -2.08. The Balaban J connectivity index is 1.82. The predicted octanol–water partition coefficient (Wildman–Crippen LogP) is 2.17. The lowest BCUT2D eigenvalue weighted by atomic mass is 10.3. The number of rotatable bonds is 9. The highest BCUT2D eigenvalue weighted by molar-refractivity contribution is 5.79. The summed E-state index contributed by atoms with van der Waals surface area (Å²) in [6.07, 6.45) is 5.94. The molecule has 0 radical (unpaired) electrons. The number of nitrogens with one attached hydrogen (secondary N) is 2. The zero-order valence-electron chi connectivity index (χ0n) is 15.0. The Morgan fingerprint density at radius 2 is 2.21 bits per heavy atom. The fourth-order valence-electron chi connectivity index (χ4n) is 2.48. The van der Waals surface area contributed by atoms with Gasteiger partial charge in [0.15, 0.2) is 5.96 Å². The van der Waals surface area contributed by atoms with Gasteiger partial charge in [0, 0.05) is 51.7 Å². The number of aromatic nitrogens is 2. The molecular formula is C18H29N5O. The molecule has 2 heterocycles. The van der Waals surface area contributed by atoms with E-state index >= 15 is 0 Å². The smallest absolute Gasteiger partial charge is 0.191 e. The van der Waals surface area contributed by atoms with Crippen molar-refractivity contribution in [2.75, 3.05) is 32.8 Å². The maximum atomic E-state index is 5.33. The Bertz CT molecular complexity index is 650. The lowest BCUT2D eigenvalue weighted by molar-refractivity contribution is 0.146. The summed E-state index contributed by atoms with van der Waals surface area (Å²) in [5.41, 5.74) is 3.31. The molecule has 0 bridgehead atoms. The quantitative estimate of drug-likeness (QED) is 0.420. The lowest BCUT2D eigenvalue weighted by Gasteiger charge is -2.10. The molecule has 2 aromatic heterocycles. The van der Waals surface area contributed by atoms with Crippen molar-refractivity contribution < 1.29 is 4.74 Å². The minimum atomic E-state index is 0.764. The van der Waals surface area contributed by atoms with Crippen LogP contribution in [-0.4, -0.2) is 48.2 Å². The zero-order valence-corrected chi connectivity index (χ0v) is 15.0. The number of hydrogen-bond donors (Lipinski definition) is 2. The first kappa shape index (κ1) is 18.3. The van der Waals surface area contributed by atoms with Crippen molar-refractivity contribution in [2.24, 2.45) is 4.99 Å². The van der Waals surface area contributed by atoms with Gasteiger partial charge in [-0.05, 0) is 38.8 Å². The lowest BCUT2D eigenvalue weighted by Crippen LogP contribution is -2.38. The van der Waals surface area contributed by atoms with Crippen LogP contribution in [0.5, 0.6) is 0 Å². The average molecular weight is 331 g/mol. The molecule has 2 N–H and O–H groups in total. The summed E-state index contributed by atoms with van der Waals surface area (Å²) in [4.78, 5) is 9.26. The van der Waals surface area contributed by atoms with Gasteiger partial charge in [-0.1, -0.05) is 6.07 Å². The fourth-order valence-corrected chi connectivity index (χ4v) is 2.48. The van der Waals surface area contributed by atoms with E-state index in [9.17, 15) is 0 Å². The summed E-state index contributed by atoms with van der Waals surface area (Å²) in [5, 5.41) is 6.64. The molecule has 0 aliphatic carbocycles. The maximum Gasteiger partial charge on any atom is 0.191 e. The molecule has 0 atom stereocenters. The highest BCUT2D eigenvalue weighted by Gasteiger charge is 2.04. The molecule has 0 amide bonds. The summed E-state index contributed by atoms with van der Waals surface area (Å²) < 4.78 is 7.41. The van der Waals surface area contributed by atoms with E-state index in [1.807, 2.05) is 19.2 Å². The first-order chi connectivity index (χ1) is 11.7. The van der Waals surface area contributed by atoms with Crippen LogP contribution in [0.3, 0.4) is 0 Å². The summed E-state index contributed by atoms with van der Waals surface area (Å²) in [6.45, 7) is 10.1. The summed E-state index contributed by atoms with van der Waals surface area (Å²) >= 11 is 0. The number of guanidine groups is 1. The minimum Gasteiger partial charge on any atom is -0.382 e. The Morgan fingerprint density at radius 3 is 2.96 bits per heavy atom. The van der Waals surface area contributed by atoms with Gasteiger partial charge in [-0.2, -0.15) is 0 Å². The van der Waals surface area contributed by atoms with Gasteiger partial charge in [-0.25, -0.2) is 4.98 Å². The van der Waals surface area contributed by atoms with E-state index in [4.69, 9.17) is 9.72 Å². The molecule has 0 fully saturated rings. The maximum absolute atomic E-state index is 5.33. The molecule has 24 heavy (non-hydrogen) atoms. The van der Waals surface area contributed by atoms with E-state index in [1.165, 1.54) is 5.56 Å². The Morgan fingerprint density at radius 1 is 1.33 bits per heavy atom. The molecule has 6 heteroatoms. The molecule has 0 aromatic carbocycles. The number of fused-ring (bicyclic) bond motifs is 1. The standard InChI is InChI=1S/C18H29N5O/c1-4-19-18(20-10-7-13-24-5-2)21-11-9-16-14-23-12-6-8-15(3)17(23)22-16/h6,8,12,14H,4-5,7,9-11,13H2,1-3H3,(H2,19,20,21). The van der Waals surface area contributed by atoms with Gasteiger partial charge < -0.3 is 19.8 Å². The van der Waals surface area contributed by atoms with Crippen molar-refractivity contribution in [3.63, 3.8) is 0 Å². The number of imidazole rings is 1. The van der Waals surface area contributed by atoms with Crippen molar-refractivity contribution in [1.29, 1.82) is 0 Å². The minimum absolute atomic E-state index is 0.764. The number of nitrogens with zero attached hydrogens (tertiary/aromatic N) is 3. The van der Waals surface area contributed by atoms with Crippen LogP contribution >= 0.6 is 0 Å². The van der Waals surface area contributed by atoms with Gasteiger partial charge in [0.25, 0.3) is 0 Å². The van der Waals surface area contributed by atoms with E-state index in [2.05, 4.69) is 46.1 Å². The number of pyridine rings is 1. The van der Waals surface area contributed by atoms with Gasteiger partial charge in [0.05, 0.1) is 5.69 Å². The van der Waals surface area contributed by atoms with Crippen molar-refractivity contribution in [1.82, 2.24) is 20.0 Å². The molecule has 6 nitrogen and oxygen atoms in total. The molecule has 0 saturated carbocycles. The van der Waals surface area contributed by atoms with Crippen LogP contribution in [0.25, 0.3) is 5.65 Å². The third-order valence-electron chi connectivity index (χ3n) is 3.67. The highest BCUT2D eigenvalue weighted by Crippen LogP contribution is 2.09. The second-order valence-corrected chi connectivity index (χ2v) is 5.64. The molecule has 2 rings (SSSR count). The van der Waals surface area contributed by atoms with Crippen molar-refractivity contribution in [3.8, 4) is 0 Å². The van der Waals surface area contributed by atoms with Gasteiger partial charge in [0.1, 0.15) is 5.65 Å². The first-order valence-electron chi connectivity index (χ1n) is 8.77. The van der Waals surface area contributed by atoms with Gasteiger partial charge >= 0.3 is 0 Å². The molecule has 0 aliphatic heterocycles. The molecule has 0 spiro atoms. The van der Waals surface area contributed by atoms with E-state index in [-0.39, 0.29) is 0 Å².